The fourth-order valence-electron chi connectivity index (χ4n) is 3.63. The Balaban J connectivity index is 0.00000320. The molecule has 0 fully saturated rings. The average molecular weight is 425 g/mol. The maximum absolute atomic E-state index is 12.6. The standard InChI is InChI=1S/C23H24N4O2.ClH/c1-14-19(15(2)26-23(29)20(14)12-24)9-10-22(28)27-21(13-25)18-8-7-16-5-3-4-6-17(16)11-18;/h3-8,11,21H,9-10,13,25H2,1-2H3,(H,26,29)(H,27,28);1H. The molecule has 1 amide bonds. The number of carbonyl (C=O) groups excluding carboxylic acids is 1. The molecule has 6 nitrogen and oxygen atoms in total. The smallest absolute Gasteiger partial charge is 0.266 e. The van der Waals surface area contributed by atoms with Crippen molar-refractivity contribution in [2.24, 2.45) is 5.73 Å². The van der Waals surface area contributed by atoms with Crippen LogP contribution in [0.15, 0.2) is 47.3 Å². The molecule has 0 aliphatic heterocycles. The molecule has 2 aromatic carbocycles. The minimum absolute atomic E-state index is 0. The largest absolute Gasteiger partial charge is 0.348 e. The number of hydrogen-bond acceptors (Lipinski definition) is 4. The lowest BCUT2D eigenvalue weighted by Gasteiger charge is -2.18. The molecule has 1 aromatic heterocycles. The zero-order valence-electron chi connectivity index (χ0n) is 17.0. The van der Waals surface area contributed by atoms with E-state index in [2.05, 4.69) is 10.3 Å². The summed E-state index contributed by atoms with van der Waals surface area (Å²) < 4.78 is 0. The lowest BCUT2D eigenvalue weighted by Crippen LogP contribution is -2.33. The summed E-state index contributed by atoms with van der Waals surface area (Å²) in [6.45, 7) is 3.81. The molecule has 4 N–H and O–H groups in total. The number of pyridine rings is 1. The Kier molecular flexibility index (Phi) is 7.76. The van der Waals surface area contributed by atoms with Crippen molar-refractivity contribution in [3.8, 4) is 6.07 Å². The van der Waals surface area contributed by atoms with E-state index in [1.165, 1.54) is 0 Å². The lowest BCUT2D eigenvalue weighted by atomic mass is 9.98. The van der Waals surface area contributed by atoms with Gasteiger partial charge in [-0.3, -0.25) is 9.59 Å². The number of fused-ring (bicyclic) bond motifs is 1. The van der Waals surface area contributed by atoms with Crippen molar-refractivity contribution < 1.29 is 4.79 Å². The fraction of sp³-hybridized carbons (Fsp3) is 0.261. The van der Waals surface area contributed by atoms with Gasteiger partial charge in [-0.2, -0.15) is 5.26 Å². The number of hydrogen-bond donors (Lipinski definition) is 3. The van der Waals surface area contributed by atoms with E-state index >= 15 is 0 Å². The minimum Gasteiger partial charge on any atom is -0.348 e. The van der Waals surface area contributed by atoms with Crippen LogP contribution in [0.2, 0.25) is 0 Å². The second-order valence-electron chi connectivity index (χ2n) is 7.13. The third-order valence-electron chi connectivity index (χ3n) is 5.27. The van der Waals surface area contributed by atoms with E-state index in [0.717, 1.165) is 21.9 Å². The van der Waals surface area contributed by atoms with Gasteiger partial charge in [-0.15, -0.1) is 12.4 Å². The first kappa shape index (κ1) is 23.1. The number of amides is 1. The summed E-state index contributed by atoms with van der Waals surface area (Å²) in [6.07, 6.45) is 0.673. The van der Waals surface area contributed by atoms with Gasteiger partial charge in [-0.05, 0) is 53.8 Å². The summed E-state index contributed by atoms with van der Waals surface area (Å²) in [5.74, 6) is -0.128. The number of halogens is 1. The van der Waals surface area contributed by atoms with Gasteiger partial charge in [0.15, 0.2) is 0 Å². The summed E-state index contributed by atoms with van der Waals surface area (Å²) in [5.41, 5.74) is 8.72. The third-order valence-corrected chi connectivity index (χ3v) is 5.27. The normalized spacial score (nSPS) is 11.4. The molecule has 7 heteroatoms. The zero-order valence-corrected chi connectivity index (χ0v) is 17.8. The van der Waals surface area contributed by atoms with Crippen molar-refractivity contribution in [3.05, 3.63) is 80.8 Å². The van der Waals surface area contributed by atoms with Gasteiger partial charge in [0.05, 0.1) is 6.04 Å². The van der Waals surface area contributed by atoms with Gasteiger partial charge < -0.3 is 16.0 Å². The average Bonchev–Trinajstić information content (AvgIpc) is 2.71. The molecule has 1 unspecified atom stereocenters. The summed E-state index contributed by atoms with van der Waals surface area (Å²) >= 11 is 0. The third kappa shape index (κ3) is 4.88. The zero-order chi connectivity index (χ0) is 21.0. The highest BCUT2D eigenvalue weighted by atomic mass is 35.5. The van der Waals surface area contributed by atoms with Crippen LogP contribution in [0, 0.1) is 25.2 Å². The number of aromatic amines is 1. The molecule has 0 radical (unpaired) electrons. The predicted molar refractivity (Wildman–Crippen MR) is 121 cm³/mol. The highest BCUT2D eigenvalue weighted by Gasteiger charge is 2.16. The van der Waals surface area contributed by atoms with Crippen LogP contribution in [-0.4, -0.2) is 17.4 Å². The Morgan fingerprint density at radius 1 is 1.20 bits per heavy atom. The molecule has 0 saturated heterocycles. The van der Waals surface area contributed by atoms with Crippen LogP contribution in [0.25, 0.3) is 10.8 Å². The first-order valence-corrected chi connectivity index (χ1v) is 9.55. The summed E-state index contributed by atoms with van der Waals surface area (Å²) in [6, 6.07) is 15.7. The molecular formula is C23H25ClN4O2. The van der Waals surface area contributed by atoms with Crippen molar-refractivity contribution >= 4 is 29.1 Å². The number of rotatable bonds is 6. The summed E-state index contributed by atoms with van der Waals surface area (Å²) in [5, 5.41) is 14.4. The molecule has 0 aliphatic carbocycles. The topological polar surface area (TPSA) is 112 Å². The van der Waals surface area contributed by atoms with E-state index in [1.54, 1.807) is 13.8 Å². The second kappa shape index (κ2) is 10.1. The van der Waals surface area contributed by atoms with Gasteiger partial charge in [0.2, 0.25) is 5.91 Å². The molecule has 1 heterocycles. The van der Waals surface area contributed by atoms with Crippen LogP contribution in [0.4, 0.5) is 0 Å². The fourth-order valence-corrected chi connectivity index (χ4v) is 3.63. The number of nitrogens with one attached hydrogen (secondary N) is 2. The minimum atomic E-state index is -0.393. The Morgan fingerprint density at radius 2 is 1.90 bits per heavy atom. The number of carbonyl (C=O) groups is 1. The van der Waals surface area contributed by atoms with Gasteiger partial charge in [-0.25, -0.2) is 0 Å². The van der Waals surface area contributed by atoms with Crippen LogP contribution >= 0.6 is 12.4 Å². The van der Waals surface area contributed by atoms with Gasteiger partial charge in [-0.1, -0.05) is 36.4 Å². The Morgan fingerprint density at radius 3 is 2.57 bits per heavy atom. The Labute approximate surface area is 181 Å². The number of H-pyrrole nitrogens is 1. The van der Waals surface area contributed by atoms with Crippen molar-refractivity contribution in [1.29, 1.82) is 5.26 Å². The molecule has 0 bridgehead atoms. The first-order valence-electron chi connectivity index (χ1n) is 9.55. The van der Waals surface area contributed by atoms with Crippen LogP contribution in [0.1, 0.15) is 40.4 Å². The van der Waals surface area contributed by atoms with E-state index in [1.807, 2.05) is 48.5 Å². The van der Waals surface area contributed by atoms with E-state index in [0.29, 0.717) is 24.2 Å². The van der Waals surface area contributed by atoms with Crippen molar-refractivity contribution in [3.63, 3.8) is 0 Å². The number of nitrogens with zero attached hydrogens (tertiary/aromatic N) is 1. The predicted octanol–water partition coefficient (Wildman–Crippen LogP) is 3.19. The SMILES string of the molecule is Cc1[nH]c(=O)c(C#N)c(C)c1CCC(=O)NC(CN)c1ccc2ccccc2c1.Cl. The monoisotopic (exact) mass is 424 g/mol. The summed E-state index contributed by atoms with van der Waals surface area (Å²) in [7, 11) is 0. The molecule has 0 aliphatic rings. The quantitative estimate of drug-likeness (QED) is 0.564. The number of nitriles is 1. The highest BCUT2D eigenvalue weighted by molar-refractivity contribution is 5.85. The van der Waals surface area contributed by atoms with E-state index in [-0.39, 0.29) is 36.3 Å². The maximum atomic E-state index is 12.6. The van der Waals surface area contributed by atoms with Crippen LogP contribution in [0.5, 0.6) is 0 Å². The van der Waals surface area contributed by atoms with Gasteiger partial charge in [0.1, 0.15) is 11.6 Å². The lowest BCUT2D eigenvalue weighted by molar-refractivity contribution is -0.121. The van der Waals surface area contributed by atoms with Crippen LogP contribution < -0.4 is 16.6 Å². The molecule has 0 saturated carbocycles. The van der Waals surface area contributed by atoms with E-state index in [4.69, 9.17) is 5.73 Å². The number of nitrogens with two attached hydrogens (primary N) is 1. The van der Waals surface area contributed by atoms with Gasteiger partial charge in [0, 0.05) is 18.7 Å². The molecule has 1 atom stereocenters. The Hall–Kier alpha value is -3.14. The second-order valence-corrected chi connectivity index (χ2v) is 7.13. The Bertz CT molecular complexity index is 1160. The molecule has 30 heavy (non-hydrogen) atoms. The molecular weight excluding hydrogens is 400 g/mol. The number of aryl methyl sites for hydroxylation is 1. The molecule has 0 spiro atoms. The maximum Gasteiger partial charge on any atom is 0.266 e. The highest BCUT2D eigenvalue weighted by Crippen LogP contribution is 2.21. The van der Waals surface area contributed by atoms with Crippen molar-refractivity contribution in [2.45, 2.75) is 32.7 Å². The summed E-state index contributed by atoms with van der Waals surface area (Å²) in [4.78, 5) is 27.1. The first-order chi connectivity index (χ1) is 13.9. The van der Waals surface area contributed by atoms with Gasteiger partial charge in [0.25, 0.3) is 5.56 Å². The molecule has 3 aromatic rings. The van der Waals surface area contributed by atoms with Crippen molar-refractivity contribution in [2.75, 3.05) is 6.54 Å². The number of aromatic nitrogens is 1. The van der Waals surface area contributed by atoms with Crippen molar-refractivity contribution in [1.82, 2.24) is 10.3 Å². The number of benzene rings is 2. The van der Waals surface area contributed by atoms with Crippen LogP contribution in [-0.2, 0) is 11.2 Å². The molecule has 3 rings (SSSR count). The van der Waals surface area contributed by atoms with Crippen LogP contribution in [0.3, 0.4) is 0 Å². The van der Waals surface area contributed by atoms with Gasteiger partial charge >= 0.3 is 0 Å². The van der Waals surface area contributed by atoms with E-state index < -0.39 is 5.56 Å². The van der Waals surface area contributed by atoms with E-state index in [9.17, 15) is 14.9 Å². The molecule has 156 valence electrons.